The fourth-order valence-corrected chi connectivity index (χ4v) is 3.69. The smallest absolute Gasteiger partial charge is 0.224 e. The molecule has 0 bridgehead atoms. The van der Waals surface area contributed by atoms with Gasteiger partial charge >= 0.3 is 0 Å². The lowest BCUT2D eigenvalue weighted by Crippen LogP contribution is -2.25. The molecule has 1 aliphatic rings. The van der Waals surface area contributed by atoms with Gasteiger partial charge in [-0.2, -0.15) is 0 Å². The third-order valence-corrected chi connectivity index (χ3v) is 5.02. The van der Waals surface area contributed by atoms with Crippen molar-refractivity contribution in [3.8, 4) is 5.75 Å². The summed E-state index contributed by atoms with van der Waals surface area (Å²) in [5.74, 6) is 1.26. The van der Waals surface area contributed by atoms with E-state index in [9.17, 15) is 4.79 Å². The van der Waals surface area contributed by atoms with Crippen LogP contribution in [0.4, 0.5) is 0 Å². The van der Waals surface area contributed by atoms with Gasteiger partial charge in [-0.15, -0.1) is 11.3 Å². The van der Waals surface area contributed by atoms with E-state index in [1.54, 1.807) is 18.4 Å². The summed E-state index contributed by atoms with van der Waals surface area (Å²) in [5, 5.41) is 4.99. The molecule has 0 radical (unpaired) electrons. The van der Waals surface area contributed by atoms with Crippen LogP contribution in [0.3, 0.4) is 0 Å². The van der Waals surface area contributed by atoms with Gasteiger partial charge in [-0.25, -0.2) is 4.98 Å². The number of benzene rings is 1. The summed E-state index contributed by atoms with van der Waals surface area (Å²) >= 11 is 1.59. The molecule has 1 fully saturated rings. The number of methoxy groups -OCH3 is 1. The van der Waals surface area contributed by atoms with Crippen molar-refractivity contribution >= 4 is 22.2 Å². The van der Waals surface area contributed by atoms with Crippen molar-refractivity contribution in [3.63, 3.8) is 0 Å². The van der Waals surface area contributed by atoms with Crippen molar-refractivity contribution in [2.45, 2.75) is 18.9 Å². The Morgan fingerprint density at radius 1 is 1.48 bits per heavy atom. The second kappa shape index (κ2) is 5.70. The van der Waals surface area contributed by atoms with Crippen LogP contribution in [0.2, 0.25) is 0 Å². The number of imidazole rings is 1. The minimum atomic E-state index is 0.0371. The summed E-state index contributed by atoms with van der Waals surface area (Å²) < 4.78 is 7.36. The van der Waals surface area contributed by atoms with Crippen LogP contribution < -0.4 is 10.1 Å². The first kappa shape index (κ1) is 14.3. The summed E-state index contributed by atoms with van der Waals surface area (Å²) in [6.07, 6.45) is 4.80. The molecule has 1 aliphatic carbocycles. The maximum Gasteiger partial charge on any atom is 0.224 e. The molecular formula is C17H17N3O2S. The summed E-state index contributed by atoms with van der Waals surface area (Å²) in [6.45, 7) is 0.475. The van der Waals surface area contributed by atoms with E-state index in [1.807, 2.05) is 46.4 Å². The lowest BCUT2D eigenvalue weighted by atomic mass is 10.1. The fourth-order valence-electron chi connectivity index (χ4n) is 2.97. The lowest BCUT2D eigenvalue weighted by Gasteiger charge is -2.07. The third-order valence-electron chi connectivity index (χ3n) is 4.25. The van der Waals surface area contributed by atoms with Gasteiger partial charge in [-0.3, -0.25) is 9.20 Å². The van der Waals surface area contributed by atoms with Gasteiger partial charge in [-0.1, -0.05) is 18.2 Å². The Balaban J connectivity index is 1.38. The molecular weight excluding hydrogens is 310 g/mol. The average molecular weight is 327 g/mol. The minimum Gasteiger partial charge on any atom is -0.496 e. The van der Waals surface area contributed by atoms with E-state index in [4.69, 9.17) is 4.74 Å². The molecule has 1 amide bonds. The zero-order valence-corrected chi connectivity index (χ0v) is 13.5. The highest BCUT2D eigenvalue weighted by Gasteiger charge is 2.45. The van der Waals surface area contributed by atoms with Gasteiger partial charge in [0.15, 0.2) is 4.96 Å². The van der Waals surface area contributed by atoms with Gasteiger partial charge in [0.1, 0.15) is 5.75 Å². The number of carbonyl (C=O) groups is 1. The SMILES string of the molecule is COc1ccccc1[C@@H]1C[C@H]1C(=O)NCc1cn2ccsc2n1. The maximum atomic E-state index is 12.3. The number of nitrogens with one attached hydrogen (secondary N) is 1. The van der Waals surface area contributed by atoms with E-state index in [2.05, 4.69) is 10.3 Å². The van der Waals surface area contributed by atoms with Crippen molar-refractivity contribution in [2.24, 2.45) is 5.92 Å². The van der Waals surface area contributed by atoms with Crippen molar-refractivity contribution in [1.82, 2.24) is 14.7 Å². The zero-order valence-electron chi connectivity index (χ0n) is 12.7. The first-order valence-electron chi connectivity index (χ1n) is 7.58. The first-order valence-corrected chi connectivity index (χ1v) is 8.46. The van der Waals surface area contributed by atoms with E-state index in [-0.39, 0.29) is 17.7 Å². The maximum absolute atomic E-state index is 12.3. The van der Waals surface area contributed by atoms with Crippen LogP contribution in [-0.4, -0.2) is 22.4 Å². The number of fused-ring (bicyclic) bond motifs is 1. The molecule has 23 heavy (non-hydrogen) atoms. The van der Waals surface area contributed by atoms with Crippen LogP contribution >= 0.6 is 11.3 Å². The molecule has 5 nitrogen and oxygen atoms in total. The molecule has 0 unspecified atom stereocenters. The summed E-state index contributed by atoms with van der Waals surface area (Å²) in [6, 6.07) is 7.92. The number of hydrogen-bond acceptors (Lipinski definition) is 4. The second-order valence-electron chi connectivity index (χ2n) is 5.73. The molecule has 1 saturated carbocycles. The van der Waals surface area contributed by atoms with Gasteiger partial charge in [-0.05, 0) is 24.0 Å². The van der Waals surface area contributed by atoms with Crippen LogP contribution in [0.15, 0.2) is 42.0 Å². The predicted molar refractivity (Wildman–Crippen MR) is 88.8 cm³/mol. The monoisotopic (exact) mass is 327 g/mol. The molecule has 0 spiro atoms. The van der Waals surface area contributed by atoms with Gasteiger partial charge in [0.2, 0.25) is 5.91 Å². The number of aromatic nitrogens is 2. The average Bonchev–Trinajstić information content (AvgIpc) is 3.10. The van der Waals surface area contributed by atoms with Crippen molar-refractivity contribution in [2.75, 3.05) is 7.11 Å². The Labute approximate surface area is 137 Å². The minimum absolute atomic E-state index is 0.0371. The van der Waals surface area contributed by atoms with E-state index in [1.165, 1.54) is 0 Å². The quantitative estimate of drug-likeness (QED) is 0.784. The van der Waals surface area contributed by atoms with Crippen molar-refractivity contribution in [1.29, 1.82) is 0 Å². The fraction of sp³-hybridized carbons (Fsp3) is 0.294. The van der Waals surface area contributed by atoms with Crippen molar-refractivity contribution in [3.05, 3.63) is 53.3 Å². The van der Waals surface area contributed by atoms with E-state index in [0.29, 0.717) is 6.54 Å². The Morgan fingerprint density at radius 2 is 2.35 bits per heavy atom. The number of amides is 1. The van der Waals surface area contributed by atoms with E-state index in [0.717, 1.165) is 28.4 Å². The van der Waals surface area contributed by atoms with Crippen LogP contribution in [0.25, 0.3) is 4.96 Å². The molecule has 2 atom stereocenters. The number of hydrogen-bond donors (Lipinski definition) is 1. The highest BCUT2D eigenvalue weighted by molar-refractivity contribution is 7.15. The number of para-hydroxylation sites is 1. The van der Waals surface area contributed by atoms with Crippen molar-refractivity contribution < 1.29 is 9.53 Å². The van der Waals surface area contributed by atoms with Crippen LogP contribution in [0.5, 0.6) is 5.75 Å². The number of nitrogens with zero attached hydrogens (tertiary/aromatic N) is 2. The highest BCUT2D eigenvalue weighted by Crippen LogP contribution is 2.50. The Hall–Kier alpha value is -2.34. The Morgan fingerprint density at radius 3 is 3.17 bits per heavy atom. The molecule has 3 aromatic rings. The predicted octanol–water partition coefficient (Wildman–Crippen LogP) is 2.82. The molecule has 0 aliphatic heterocycles. The summed E-state index contributed by atoms with van der Waals surface area (Å²) in [5.41, 5.74) is 2.01. The number of thiazole rings is 1. The lowest BCUT2D eigenvalue weighted by molar-refractivity contribution is -0.122. The number of rotatable bonds is 5. The molecule has 2 aromatic heterocycles. The number of ether oxygens (including phenoxy) is 1. The molecule has 6 heteroatoms. The molecule has 4 rings (SSSR count). The van der Waals surface area contributed by atoms with Gasteiger partial charge < -0.3 is 10.1 Å². The van der Waals surface area contributed by atoms with Crippen LogP contribution in [-0.2, 0) is 11.3 Å². The Bertz CT molecular complexity index is 826. The largest absolute Gasteiger partial charge is 0.496 e. The molecule has 0 saturated heterocycles. The standard InChI is InChI=1S/C17H17N3O2S/c1-22-15-5-3-2-4-12(15)13-8-14(13)16(21)18-9-11-10-20-6-7-23-17(20)19-11/h2-7,10,13-14H,8-9H2,1H3,(H,18,21)/t13-,14+/m0/s1. The summed E-state index contributed by atoms with van der Waals surface area (Å²) in [4.78, 5) is 17.8. The van der Waals surface area contributed by atoms with E-state index < -0.39 is 0 Å². The number of carbonyl (C=O) groups excluding carboxylic acids is 1. The zero-order chi connectivity index (χ0) is 15.8. The summed E-state index contributed by atoms with van der Waals surface area (Å²) in [7, 11) is 1.67. The highest BCUT2D eigenvalue weighted by atomic mass is 32.1. The van der Waals surface area contributed by atoms with Gasteiger partial charge in [0.25, 0.3) is 0 Å². The molecule has 1 aromatic carbocycles. The van der Waals surface area contributed by atoms with Gasteiger partial charge in [0, 0.05) is 23.7 Å². The van der Waals surface area contributed by atoms with E-state index >= 15 is 0 Å². The third kappa shape index (κ3) is 2.70. The molecule has 2 heterocycles. The van der Waals surface area contributed by atoms with Crippen LogP contribution in [0, 0.1) is 5.92 Å². The Kier molecular flexibility index (Phi) is 3.53. The van der Waals surface area contributed by atoms with Gasteiger partial charge in [0.05, 0.1) is 19.3 Å². The normalized spacial score (nSPS) is 19.7. The molecule has 1 N–H and O–H groups in total. The first-order chi connectivity index (χ1) is 11.3. The topological polar surface area (TPSA) is 55.6 Å². The molecule has 118 valence electrons. The second-order valence-corrected chi connectivity index (χ2v) is 6.61. The van der Waals surface area contributed by atoms with Crippen LogP contribution in [0.1, 0.15) is 23.6 Å².